The molecule has 132 valence electrons. The summed E-state index contributed by atoms with van der Waals surface area (Å²) in [5, 5.41) is 2.81. The van der Waals surface area contributed by atoms with Crippen LogP contribution in [-0.2, 0) is 6.54 Å². The minimum absolute atomic E-state index is 0.190. The third kappa shape index (κ3) is 4.26. The third-order valence-electron chi connectivity index (χ3n) is 3.90. The van der Waals surface area contributed by atoms with Crippen molar-refractivity contribution in [2.24, 2.45) is 0 Å². The molecule has 1 amide bonds. The Kier molecular flexibility index (Phi) is 5.32. The van der Waals surface area contributed by atoms with Gasteiger partial charge in [-0.2, -0.15) is 0 Å². The van der Waals surface area contributed by atoms with Crippen LogP contribution in [-0.4, -0.2) is 10.5 Å². The fourth-order valence-electron chi connectivity index (χ4n) is 2.55. The largest absolute Gasteiger partial charge is 0.322 e. The molecule has 26 heavy (non-hydrogen) atoms. The molecule has 4 nitrogen and oxygen atoms in total. The second kappa shape index (κ2) is 7.66. The van der Waals surface area contributed by atoms with Crippen LogP contribution in [0.1, 0.15) is 21.5 Å². The number of hydrogen-bond donors (Lipinski definition) is 1. The van der Waals surface area contributed by atoms with Gasteiger partial charge in [0, 0.05) is 22.4 Å². The van der Waals surface area contributed by atoms with Crippen molar-refractivity contribution >= 4 is 27.5 Å². The summed E-state index contributed by atoms with van der Waals surface area (Å²) in [6.07, 6.45) is 1.48. The van der Waals surface area contributed by atoms with Crippen LogP contribution in [0.3, 0.4) is 0 Å². The van der Waals surface area contributed by atoms with E-state index >= 15 is 0 Å². The van der Waals surface area contributed by atoms with Crippen molar-refractivity contribution in [2.45, 2.75) is 13.5 Å². The maximum atomic E-state index is 13.3. The molecule has 0 saturated carbocycles. The van der Waals surface area contributed by atoms with Gasteiger partial charge in [0.1, 0.15) is 5.82 Å². The summed E-state index contributed by atoms with van der Waals surface area (Å²) in [6.45, 7) is 2.12. The van der Waals surface area contributed by atoms with Crippen molar-refractivity contribution in [1.82, 2.24) is 4.57 Å². The Bertz CT molecular complexity index is 1030. The van der Waals surface area contributed by atoms with E-state index in [9.17, 15) is 14.0 Å². The van der Waals surface area contributed by atoms with Crippen molar-refractivity contribution in [3.05, 3.63) is 98.1 Å². The first kappa shape index (κ1) is 18.1. The minimum atomic E-state index is -0.366. The standard InChI is InChI=1S/C20H16BrFN2O2/c1-13-9-17(6-7-18(13)21)23-20(26)15-5-8-19(25)24(12-15)11-14-3-2-4-16(22)10-14/h2-10,12H,11H2,1H3,(H,23,26). The number of nitrogens with zero attached hydrogens (tertiary/aromatic N) is 1. The highest BCUT2D eigenvalue weighted by atomic mass is 79.9. The van der Waals surface area contributed by atoms with Gasteiger partial charge in [-0.1, -0.05) is 28.1 Å². The Hall–Kier alpha value is -2.73. The number of aryl methyl sites for hydroxylation is 1. The smallest absolute Gasteiger partial charge is 0.257 e. The molecule has 0 radical (unpaired) electrons. The number of aromatic nitrogens is 1. The van der Waals surface area contributed by atoms with E-state index < -0.39 is 0 Å². The molecule has 1 aromatic heterocycles. The number of anilines is 1. The average molecular weight is 415 g/mol. The van der Waals surface area contributed by atoms with Crippen LogP contribution < -0.4 is 10.9 Å². The molecule has 0 unspecified atom stereocenters. The number of amides is 1. The van der Waals surface area contributed by atoms with Gasteiger partial charge in [0.15, 0.2) is 0 Å². The van der Waals surface area contributed by atoms with Crippen LogP contribution in [0.15, 0.2) is 70.1 Å². The highest BCUT2D eigenvalue weighted by Crippen LogP contribution is 2.20. The van der Waals surface area contributed by atoms with Crippen molar-refractivity contribution in [3.8, 4) is 0 Å². The van der Waals surface area contributed by atoms with E-state index in [1.165, 1.54) is 35.0 Å². The molecule has 0 aliphatic rings. The monoisotopic (exact) mass is 414 g/mol. The van der Waals surface area contributed by atoms with Crippen LogP contribution in [0, 0.1) is 12.7 Å². The SMILES string of the molecule is Cc1cc(NC(=O)c2ccc(=O)n(Cc3cccc(F)c3)c2)ccc1Br. The number of carbonyl (C=O) groups excluding carboxylic acids is 1. The van der Waals surface area contributed by atoms with Gasteiger partial charge in [0.25, 0.3) is 11.5 Å². The van der Waals surface area contributed by atoms with Gasteiger partial charge in [-0.25, -0.2) is 4.39 Å². The van der Waals surface area contributed by atoms with Gasteiger partial charge in [-0.3, -0.25) is 9.59 Å². The Labute approximate surface area is 158 Å². The highest BCUT2D eigenvalue weighted by molar-refractivity contribution is 9.10. The highest BCUT2D eigenvalue weighted by Gasteiger charge is 2.09. The summed E-state index contributed by atoms with van der Waals surface area (Å²) >= 11 is 3.42. The molecule has 0 aliphatic heterocycles. The van der Waals surface area contributed by atoms with Gasteiger partial charge in [-0.05, 0) is 54.4 Å². The number of benzene rings is 2. The van der Waals surface area contributed by atoms with E-state index in [-0.39, 0.29) is 23.8 Å². The molecular formula is C20H16BrFN2O2. The van der Waals surface area contributed by atoms with Gasteiger partial charge < -0.3 is 9.88 Å². The van der Waals surface area contributed by atoms with E-state index in [1.807, 2.05) is 19.1 Å². The predicted molar refractivity (Wildman–Crippen MR) is 103 cm³/mol. The lowest BCUT2D eigenvalue weighted by atomic mass is 10.2. The van der Waals surface area contributed by atoms with Gasteiger partial charge in [0.05, 0.1) is 12.1 Å². The number of pyridine rings is 1. The van der Waals surface area contributed by atoms with Crippen molar-refractivity contribution in [2.75, 3.05) is 5.32 Å². The fraction of sp³-hybridized carbons (Fsp3) is 0.100. The molecule has 0 fully saturated rings. The Balaban J connectivity index is 1.83. The molecular weight excluding hydrogens is 399 g/mol. The molecule has 0 bridgehead atoms. The third-order valence-corrected chi connectivity index (χ3v) is 4.79. The number of carbonyl (C=O) groups is 1. The molecule has 3 rings (SSSR count). The van der Waals surface area contributed by atoms with Gasteiger partial charge in [0.2, 0.25) is 0 Å². The van der Waals surface area contributed by atoms with E-state index in [0.29, 0.717) is 16.8 Å². The van der Waals surface area contributed by atoms with Crippen molar-refractivity contribution < 1.29 is 9.18 Å². The molecule has 0 aliphatic carbocycles. The topological polar surface area (TPSA) is 51.1 Å². The van der Waals surface area contributed by atoms with E-state index in [4.69, 9.17) is 0 Å². The number of rotatable bonds is 4. The maximum Gasteiger partial charge on any atom is 0.257 e. The molecule has 1 heterocycles. The summed E-state index contributed by atoms with van der Waals surface area (Å²) in [4.78, 5) is 24.5. The van der Waals surface area contributed by atoms with Gasteiger partial charge >= 0.3 is 0 Å². The summed E-state index contributed by atoms with van der Waals surface area (Å²) < 4.78 is 15.7. The van der Waals surface area contributed by atoms with Crippen LogP contribution >= 0.6 is 15.9 Å². The number of nitrogens with one attached hydrogen (secondary N) is 1. The first-order valence-electron chi connectivity index (χ1n) is 7.95. The second-order valence-electron chi connectivity index (χ2n) is 5.93. The molecule has 3 aromatic rings. The van der Waals surface area contributed by atoms with E-state index in [0.717, 1.165) is 10.0 Å². The predicted octanol–water partition coefficient (Wildman–Crippen LogP) is 4.36. The zero-order valence-electron chi connectivity index (χ0n) is 14.0. The summed E-state index contributed by atoms with van der Waals surface area (Å²) in [7, 11) is 0. The summed E-state index contributed by atoms with van der Waals surface area (Å²) in [5.74, 6) is -0.685. The minimum Gasteiger partial charge on any atom is -0.322 e. The quantitative estimate of drug-likeness (QED) is 0.689. The second-order valence-corrected chi connectivity index (χ2v) is 6.79. The zero-order chi connectivity index (χ0) is 18.7. The first-order chi connectivity index (χ1) is 12.4. The summed E-state index contributed by atoms with van der Waals surface area (Å²) in [5.41, 5.74) is 2.40. The molecule has 6 heteroatoms. The lowest BCUT2D eigenvalue weighted by molar-refractivity contribution is 0.102. The fourth-order valence-corrected chi connectivity index (χ4v) is 2.79. The van der Waals surface area contributed by atoms with Gasteiger partial charge in [-0.15, -0.1) is 0 Å². The van der Waals surface area contributed by atoms with Crippen molar-refractivity contribution in [3.63, 3.8) is 0 Å². The normalized spacial score (nSPS) is 10.6. The molecule has 0 saturated heterocycles. The Morgan fingerprint density at radius 1 is 1.15 bits per heavy atom. The zero-order valence-corrected chi connectivity index (χ0v) is 15.6. The molecule has 0 spiro atoms. The van der Waals surface area contributed by atoms with Crippen molar-refractivity contribution in [1.29, 1.82) is 0 Å². The average Bonchev–Trinajstić information content (AvgIpc) is 2.60. The first-order valence-corrected chi connectivity index (χ1v) is 8.74. The molecule has 0 atom stereocenters. The van der Waals surface area contributed by atoms with Crippen LogP contribution in [0.2, 0.25) is 0 Å². The lowest BCUT2D eigenvalue weighted by Gasteiger charge is -2.10. The molecule has 1 N–H and O–H groups in total. The van der Waals surface area contributed by atoms with E-state index in [2.05, 4.69) is 21.2 Å². The maximum absolute atomic E-state index is 13.3. The van der Waals surface area contributed by atoms with E-state index in [1.54, 1.807) is 18.2 Å². The van der Waals surface area contributed by atoms with Crippen LogP contribution in [0.4, 0.5) is 10.1 Å². The van der Waals surface area contributed by atoms with Crippen LogP contribution in [0.25, 0.3) is 0 Å². The number of halogens is 2. The Morgan fingerprint density at radius 2 is 1.96 bits per heavy atom. The number of hydrogen-bond acceptors (Lipinski definition) is 2. The molecule has 2 aromatic carbocycles. The summed E-state index contributed by atoms with van der Waals surface area (Å²) in [6, 6.07) is 14.3. The van der Waals surface area contributed by atoms with Crippen LogP contribution in [0.5, 0.6) is 0 Å². The lowest BCUT2D eigenvalue weighted by Crippen LogP contribution is -2.22. The Morgan fingerprint density at radius 3 is 2.69 bits per heavy atom.